The number of rotatable bonds is 2. The molecule has 1 saturated heterocycles. The van der Waals surface area contributed by atoms with Gasteiger partial charge in [0.2, 0.25) is 0 Å². The van der Waals surface area contributed by atoms with Gasteiger partial charge < -0.3 is 5.11 Å². The molecule has 9 heavy (non-hydrogen) atoms. The predicted octanol–water partition coefficient (Wildman–Crippen LogP) is 1.43. The van der Waals surface area contributed by atoms with Crippen molar-refractivity contribution in [2.24, 2.45) is 0 Å². The summed E-state index contributed by atoms with van der Waals surface area (Å²) < 4.78 is 0. The van der Waals surface area contributed by atoms with Crippen molar-refractivity contribution in [3.05, 3.63) is 12.2 Å². The summed E-state index contributed by atoms with van der Waals surface area (Å²) >= 11 is 1.98. The van der Waals surface area contributed by atoms with Crippen LogP contribution in [0.4, 0.5) is 0 Å². The van der Waals surface area contributed by atoms with Crippen LogP contribution in [0, 0.1) is 0 Å². The van der Waals surface area contributed by atoms with Gasteiger partial charge in [0.05, 0.1) is 6.61 Å². The van der Waals surface area contributed by atoms with E-state index in [1.807, 2.05) is 17.8 Å². The summed E-state index contributed by atoms with van der Waals surface area (Å²) in [5, 5.41) is 9.12. The van der Waals surface area contributed by atoms with Crippen LogP contribution < -0.4 is 0 Å². The summed E-state index contributed by atoms with van der Waals surface area (Å²) in [5.74, 6) is 1.29. The maximum Gasteiger partial charge on any atom is 0.0612 e. The van der Waals surface area contributed by atoms with Crippen molar-refractivity contribution < 1.29 is 5.11 Å². The van der Waals surface area contributed by atoms with Gasteiger partial charge in [-0.2, -0.15) is 11.8 Å². The Labute approximate surface area is 60.2 Å². The molecule has 1 N–H and O–H groups in total. The van der Waals surface area contributed by atoms with Gasteiger partial charge in [0, 0.05) is 5.25 Å². The van der Waals surface area contributed by atoms with E-state index in [1.54, 1.807) is 0 Å². The van der Waals surface area contributed by atoms with Crippen molar-refractivity contribution >= 4 is 11.8 Å². The molecule has 0 radical (unpaired) electrons. The second-order valence-electron chi connectivity index (χ2n) is 2.16. The quantitative estimate of drug-likeness (QED) is 0.592. The molecule has 52 valence electrons. The van der Waals surface area contributed by atoms with E-state index >= 15 is 0 Å². The van der Waals surface area contributed by atoms with Gasteiger partial charge in [0.1, 0.15) is 0 Å². The van der Waals surface area contributed by atoms with Gasteiger partial charge in [-0.3, -0.25) is 0 Å². The number of aliphatic hydroxyl groups is 1. The Bertz CT molecular complexity index is 95.1. The number of hydrogen-bond donors (Lipinski definition) is 1. The first-order valence-corrected chi connectivity index (χ1v) is 4.37. The highest BCUT2D eigenvalue weighted by molar-refractivity contribution is 8.00. The zero-order valence-corrected chi connectivity index (χ0v) is 6.23. The molecule has 1 rings (SSSR count). The minimum absolute atomic E-state index is 0.192. The summed E-state index contributed by atoms with van der Waals surface area (Å²) in [5.41, 5.74) is 0. The van der Waals surface area contributed by atoms with Gasteiger partial charge in [-0.25, -0.2) is 0 Å². The molecule has 0 aliphatic carbocycles. The fraction of sp³-hybridized carbons (Fsp3) is 0.714. The SMILES string of the molecule is OC/C=C/C1CCCS1. The van der Waals surface area contributed by atoms with Gasteiger partial charge in [-0.05, 0) is 18.6 Å². The molecule has 0 spiro atoms. The lowest BCUT2D eigenvalue weighted by molar-refractivity contribution is 0.342. The first-order valence-electron chi connectivity index (χ1n) is 3.32. The standard InChI is InChI=1S/C7H12OS/c8-5-1-3-7-4-2-6-9-7/h1,3,7-8H,2,4-6H2/b3-1+. The van der Waals surface area contributed by atoms with E-state index in [-0.39, 0.29) is 6.61 Å². The zero-order chi connectivity index (χ0) is 6.53. The van der Waals surface area contributed by atoms with Crippen LogP contribution in [-0.2, 0) is 0 Å². The number of thioether (sulfide) groups is 1. The smallest absolute Gasteiger partial charge is 0.0612 e. The summed E-state index contributed by atoms with van der Waals surface area (Å²) in [4.78, 5) is 0. The first kappa shape index (κ1) is 7.16. The van der Waals surface area contributed by atoms with Crippen molar-refractivity contribution in [1.82, 2.24) is 0 Å². The second kappa shape index (κ2) is 3.96. The molecule has 0 aromatic heterocycles. The molecule has 1 nitrogen and oxygen atoms in total. The Hall–Kier alpha value is 0.0500. The first-order chi connectivity index (χ1) is 4.43. The Balaban J connectivity index is 2.18. The van der Waals surface area contributed by atoms with Crippen molar-refractivity contribution in [2.45, 2.75) is 18.1 Å². The average molecular weight is 144 g/mol. The average Bonchev–Trinajstić information content (AvgIpc) is 2.34. The molecule has 0 aromatic carbocycles. The predicted molar refractivity (Wildman–Crippen MR) is 41.7 cm³/mol. The molecule has 1 aliphatic heterocycles. The van der Waals surface area contributed by atoms with E-state index in [0.717, 1.165) is 0 Å². The molecule has 0 amide bonds. The molecule has 1 atom stereocenters. The highest BCUT2D eigenvalue weighted by Crippen LogP contribution is 2.26. The Morgan fingerprint density at radius 3 is 3.11 bits per heavy atom. The van der Waals surface area contributed by atoms with E-state index in [1.165, 1.54) is 18.6 Å². The lowest BCUT2D eigenvalue weighted by atomic mass is 10.2. The third kappa shape index (κ3) is 2.41. The van der Waals surface area contributed by atoms with Gasteiger partial charge in [0.25, 0.3) is 0 Å². The van der Waals surface area contributed by atoms with Crippen LogP contribution >= 0.6 is 11.8 Å². The number of hydrogen-bond acceptors (Lipinski definition) is 2. The summed E-state index contributed by atoms with van der Waals surface area (Å²) in [6.07, 6.45) is 6.58. The van der Waals surface area contributed by atoms with Crippen LogP contribution in [0.2, 0.25) is 0 Å². The normalized spacial score (nSPS) is 27.9. The monoisotopic (exact) mass is 144 g/mol. The fourth-order valence-corrected chi connectivity index (χ4v) is 2.16. The minimum Gasteiger partial charge on any atom is -0.392 e. The third-order valence-electron chi connectivity index (χ3n) is 1.42. The van der Waals surface area contributed by atoms with Crippen LogP contribution in [0.15, 0.2) is 12.2 Å². The summed E-state index contributed by atoms with van der Waals surface area (Å²) in [6.45, 7) is 0.192. The van der Waals surface area contributed by atoms with E-state index in [4.69, 9.17) is 5.11 Å². The van der Waals surface area contributed by atoms with Crippen LogP contribution in [-0.4, -0.2) is 22.7 Å². The molecular weight excluding hydrogens is 132 g/mol. The minimum atomic E-state index is 0.192. The maximum atomic E-state index is 8.43. The molecule has 1 unspecified atom stereocenters. The van der Waals surface area contributed by atoms with Crippen LogP contribution in [0.3, 0.4) is 0 Å². The van der Waals surface area contributed by atoms with Crippen molar-refractivity contribution in [1.29, 1.82) is 0 Å². The van der Waals surface area contributed by atoms with E-state index in [2.05, 4.69) is 6.08 Å². The lowest BCUT2D eigenvalue weighted by Gasteiger charge is -1.97. The Morgan fingerprint density at radius 1 is 1.67 bits per heavy atom. The van der Waals surface area contributed by atoms with Crippen LogP contribution in [0.5, 0.6) is 0 Å². The van der Waals surface area contributed by atoms with Crippen molar-refractivity contribution in [2.75, 3.05) is 12.4 Å². The highest BCUT2D eigenvalue weighted by Gasteiger charge is 2.10. The largest absolute Gasteiger partial charge is 0.392 e. The molecule has 1 aliphatic rings. The van der Waals surface area contributed by atoms with Gasteiger partial charge >= 0.3 is 0 Å². The van der Waals surface area contributed by atoms with E-state index < -0.39 is 0 Å². The number of aliphatic hydroxyl groups excluding tert-OH is 1. The topological polar surface area (TPSA) is 20.2 Å². The molecule has 0 bridgehead atoms. The molecule has 1 heterocycles. The van der Waals surface area contributed by atoms with Gasteiger partial charge in [0.15, 0.2) is 0 Å². The van der Waals surface area contributed by atoms with Crippen molar-refractivity contribution in [3.8, 4) is 0 Å². The van der Waals surface area contributed by atoms with E-state index in [0.29, 0.717) is 5.25 Å². The second-order valence-corrected chi connectivity index (χ2v) is 3.51. The van der Waals surface area contributed by atoms with Gasteiger partial charge in [-0.1, -0.05) is 12.2 Å². The molecular formula is C7H12OS. The van der Waals surface area contributed by atoms with Crippen molar-refractivity contribution in [3.63, 3.8) is 0 Å². The molecule has 0 aromatic rings. The fourth-order valence-electron chi connectivity index (χ4n) is 0.967. The van der Waals surface area contributed by atoms with Crippen LogP contribution in [0.25, 0.3) is 0 Å². The molecule has 2 heteroatoms. The summed E-state index contributed by atoms with van der Waals surface area (Å²) in [7, 11) is 0. The maximum absolute atomic E-state index is 8.43. The van der Waals surface area contributed by atoms with E-state index in [9.17, 15) is 0 Å². The molecule has 0 saturated carbocycles. The Morgan fingerprint density at radius 2 is 2.56 bits per heavy atom. The highest BCUT2D eigenvalue weighted by atomic mass is 32.2. The summed E-state index contributed by atoms with van der Waals surface area (Å²) in [6, 6.07) is 0. The zero-order valence-electron chi connectivity index (χ0n) is 5.42. The van der Waals surface area contributed by atoms with Gasteiger partial charge in [-0.15, -0.1) is 0 Å². The lowest BCUT2D eigenvalue weighted by Crippen LogP contribution is -1.89. The Kier molecular flexibility index (Phi) is 3.15. The van der Waals surface area contributed by atoms with Crippen LogP contribution in [0.1, 0.15) is 12.8 Å². The third-order valence-corrected chi connectivity index (χ3v) is 2.77. The molecule has 1 fully saturated rings.